The first-order chi connectivity index (χ1) is 8.61. The van der Waals surface area contributed by atoms with Gasteiger partial charge in [0.15, 0.2) is 0 Å². The molecule has 0 spiro atoms. The van der Waals surface area contributed by atoms with Crippen LogP contribution in [0.4, 0.5) is 10.6 Å². The number of aromatic nitrogens is 2. The summed E-state index contributed by atoms with van der Waals surface area (Å²) in [5.41, 5.74) is 1.59. The fourth-order valence-electron chi connectivity index (χ4n) is 1.67. The molecule has 0 bridgehead atoms. The quantitative estimate of drug-likeness (QED) is 0.871. The van der Waals surface area contributed by atoms with E-state index in [0.717, 1.165) is 16.9 Å². The van der Waals surface area contributed by atoms with E-state index in [-0.39, 0.29) is 0 Å². The summed E-state index contributed by atoms with van der Waals surface area (Å²) >= 11 is 0. The van der Waals surface area contributed by atoms with E-state index in [4.69, 9.17) is 9.84 Å². The molecule has 0 aliphatic carbocycles. The molecule has 0 saturated carbocycles. The van der Waals surface area contributed by atoms with Crippen molar-refractivity contribution in [3.05, 3.63) is 30.5 Å². The second kappa shape index (κ2) is 4.79. The zero-order valence-corrected chi connectivity index (χ0v) is 10.0. The molecular formula is C12H13N3O3. The molecule has 0 atom stereocenters. The van der Waals surface area contributed by atoms with Crippen molar-refractivity contribution in [2.75, 3.05) is 12.4 Å². The molecule has 0 unspecified atom stereocenters. The van der Waals surface area contributed by atoms with Crippen molar-refractivity contribution in [1.82, 2.24) is 9.78 Å². The van der Waals surface area contributed by atoms with Crippen LogP contribution in [0.25, 0.3) is 11.1 Å². The highest BCUT2D eigenvalue weighted by atomic mass is 16.5. The molecule has 2 rings (SSSR count). The molecule has 1 heterocycles. The predicted molar refractivity (Wildman–Crippen MR) is 66.8 cm³/mol. The number of benzene rings is 1. The summed E-state index contributed by atoms with van der Waals surface area (Å²) in [6.45, 7) is 0. The molecule has 18 heavy (non-hydrogen) atoms. The molecule has 1 aromatic heterocycles. The molecule has 94 valence electrons. The average molecular weight is 247 g/mol. The maximum atomic E-state index is 10.7. The van der Waals surface area contributed by atoms with Gasteiger partial charge >= 0.3 is 6.09 Å². The van der Waals surface area contributed by atoms with Crippen molar-refractivity contribution in [3.8, 4) is 16.9 Å². The van der Waals surface area contributed by atoms with Crippen LogP contribution in [0, 0.1) is 0 Å². The summed E-state index contributed by atoms with van der Waals surface area (Å²) in [6.07, 6.45) is 0.501. The highest BCUT2D eigenvalue weighted by Gasteiger charge is 2.12. The number of carbonyl (C=O) groups is 1. The van der Waals surface area contributed by atoms with E-state index >= 15 is 0 Å². The van der Waals surface area contributed by atoms with Gasteiger partial charge in [0.05, 0.1) is 13.3 Å². The standard InChI is InChI=1S/C12H13N3O3/c1-15-11(14-12(16)17)10(7-13-15)8-3-5-9(18-2)6-4-8/h3-7,14H,1-2H3,(H,16,17). The van der Waals surface area contributed by atoms with Crippen molar-refractivity contribution >= 4 is 11.9 Å². The Hall–Kier alpha value is -2.50. The molecule has 1 amide bonds. The molecule has 2 N–H and O–H groups in total. The summed E-state index contributed by atoms with van der Waals surface area (Å²) in [5, 5.41) is 15.2. The summed E-state index contributed by atoms with van der Waals surface area (Å²) in [4.78, 5) is 10.7. The van der Waals surface area contributed by atoms with E-state index in [9.17, 15) is 4.79 Å². The Balaban J connectivity index is 2.40. The molecule has 6 heteroatoms. The first-order valence-corrected chi connectivity index (χ1v) is 5.28. The van der Waals surface area contributed by atoms with Crippen molar-refractivity contribution in [2.45, 2.75) is 0 Å². The monoisotopic (exact) mass is 247 g/mol. The van der Waals surface area contributed by atoms with Crippen molar-refractivity contribution in [2.24, 2.45) is 7.05 Å². The number of nitrogens with zero attached hydrogens (tertiary/aromatic N) is 2. The third kappa shape index (κ3) is 2.27. The van der Waals surface area contributed by atoms with Crippen LogP contribution in [-0.4, -0.2) is 28.1 Å². The Morgan fingerprint density at radius 3 is 2.61 bits per heavy atom. The number of amides is 1. The first kappa shape index (κ1) is 12.0. The van der Waals surface area contributed by atoms with Crippen LogP contribution in [0.1, 0.15) is 0 Å². The molecule has 2 aromatic rings. The number of rotatable bonds is 3. The number of hydrogen-bond donors (Lipinski definition) is 2. The Labute approximate surface area is 104 Å². The van der Waals surface area contributed by atoms with Crippen LogP contribution < -0.4 is 10.1 Å². The lowest BCUT2D eigenvalue weighted by Gasteiger charge is -2.06. The highest BCUT2D eigenvalue weighted by Crippen LogP contribution is 2.28. The molecule has 0 fully saturated rings. The minimum Gasteiger partial charge on any atom is -0.497 e. The van der Waals surface area contributed by atoms with Gasteiger partial charge in [0.1, 0.15) is 11.6 Å². The van der Waals surface area contributed by atoms with Gasteiger partial charge in [-0.25, -0.2) is 4.79 Å². The smallest absolute Gasteiger partial charge is 0.410 e. The molecule has 1 aromatic carbocycles. The lowest BCUT2D eigenvalue weighted by molar-refractivity contribution is 0.209. The Morgan fingerprint density at radius 1 is 1.39 bits per heavy atom. The zero-order chi connectivity index (χ0) is 13.1. The van der Waals surface area contributed by atoms with E-state index in [1.165, 1.54) is 4.68 Å². The Bertz CT molecular complexity index is 560. The van der Waals surface area contributed by atoms with Crippen LogP contribution >= 0.6 is 0 Å². The van der Waals surface area contributed by atoms with Crippen molar-refractivity contribution < 1.29 is 14.6 Å². The number of hydrogen-bond acceptors (Lipinski definition) is 3. The predicted octanol–water partition coefficient (Wildman–Crippen LogP) is 2.19. The maximum Gasteiger partial charge on any atom is 0.410 e. The van der Waals surface area contributed by atoms with Crippen molar-refractivity contribution in [3.63, 3.8) is 0 Å². The lowest BCUT2D eigenvalue weighted by Crippen LogP contribution is -2.11. The maximum absolute atomic E-state index is 10.7. The van der Waals surface area contributed by atoms with Crippen LogP contribution in [0.5, 0.6) is 5.75 Å². The van der Waals surface area contributed by atoms with Crippen molar-refractivity contribution in [1.29, 1.82) is 0 Å². The first-order valence-electron chi connectivity index (χ1n) is 5.28. The second-order valence-corrected chi connectivity index (χ2v) is 3.69. The minimum atomic E-state index is -1.12. The number of ether oxygens (including phenoxy) is 1. The second-order valence-electron chi connectivity index (χ2n) is 3.69. The normalized spacial score (nSPS) is 10.1. The van der Waals surface area contributed by atoms with Crippen LogP contribution in [0.2, 0.25) is 0 Å². The van der Waals surface area contributed by atoms with E-state index in [0.29, 0.717) is 5.82 Å². The molecule has 0 aliphatic rings. The fourth-order valence-corrected chi connectivity index (χ4v) is 1.67. The number of carboxylic acid groups (broad SMARTS) is 1. The van der Waals surface area contributed by atoms with Gasteiger partial charge < -0.3 is 9.84 Å². The zero-order valence-electron chi connectivity index (χ0n) is 10.0. The average Bonchev–Trinajstić information content (AvgIpc) is 2.71. The molecule has 0 radical (unpaired) electrons. The summed E-state index contributed by atoms with van der Waals surface area (Å²) in [5.74, 6) is 1.18. The summed E-state index contributed by atoms with van der Waals surface area (Å²) in [6, 6.07) is 7.32. The van der Waals surface area contributed by atoms with E-state index in [2.05, 4.69) is 10.4 Å². The third-order valence-electron chi connectivity index (χ3n) is 2.57. The van der Waals surface area contributed by atoms with Crippen LogP contribution in [-0.2, 0) is 7.05 Å². The highest BCUT2D eigenvalue weighted by molar-refractivity contribution is 5.88. The largest absolute Gasteiger partial charge is 0.497 e. The number of nitrogens with one attached hydrogen (secondary N) is 1. The number of aryl methyl sites for hydroxylation is 1. The Kier molecular flexibility index (Phi) is 3.18. The topological polar surface area (TPSA) is 76.4 Å². The van der Waals surface area contributed by atoms with Crippen LogP contribution in [0.3, 0.4) is 0 Å². The van der Waals surface area contributed by atoms with E-state index in [1.807, 2.05) is 24.3 Å². The fraction of sp³-hybridized carbons (Fsp3) is 0.167. The lowest BCUT2D eigenvalue weighted by atomic mass is 10.1. The van der Waals surface area contributed by atoms with Gasteiger partial charge in [0.2, 0.25) is 0 Å². The number of anilines is 1. The minimum absolute atomic E-state index is 0.438. The van der Waals surface area contributed by atoms with Gasteiger partial charge in [-0.15, -0.1) is 0 Å². The van der Waals surface area contributed by atoms with Gasteiger partial charge in [0, 0.05) is 12.6 Å². The van der Waals surface area contributed by atoms with Gasteiger partial charge in [-0.05, 0) is 17.7 Å². The van der Waals surface area contributed by atoms with E-state index < -0.39 is 6.09 Å². The van der Waals surface area contributed by atoms with Gasteiger partial charge in [-0.2, -0.15) is 5.10 Å². The number of methoxy groups -OCH3 is 1. The molecule has 0 aliphatic heterocycles. The molecular weight excluding hydrogens is 234 g/mol. The molecule has 6 nitrogen and oxygen atoms in total. The third-order valence-corrected chi connectivity index (χ3v) is 2.57. The van der Waals surface area contributed by atoms with E-state index in [1.54, 1.807) is 20.4 Å². The molecule has 0 saturated heterocycles. The van der Waals surface area contributed by atoms with Gasteiger partial charge in [0.25, 0.3) is 0 Å². The summed E-state index contributed by atoms with van der Waals surface area (Å²) < 4.78 is 6.55. The van der Waals surface area contributed by atoms with Crippen LogP contribution in [0.15, 0.2) is 30.5 Å². The Morgan fingerprint density at radius 2 is 2.06 bits per heavy atom. The SMILES string of the molecule is COc1ccc(-c2cnn(C)c2NC(=O)O)cc1. The van der Waals surface area contributed by atoms with Gasteiger partial charge in [-0.3, -0.25) is 10.00 Å². The van der Waals surface area contributed by atoms with Gasteiger partial charge in [-0.1, -0.05) is 12.1 Å². The summed E-state index contributed by atoms with van der Waals surface area (Å²) in [7, 11) is 3.27.